The lowest BCUT2D eigenvalue weighted by atomic mass is 9.99. The van der Waals surface area contributed by atoms with Crippen LogP contribution in [-0.2, 0) is 6.42 Å². The third-order valence-electron chi connectivity index (χ3n) is 3.17. The second-order valence-corrected chi connectivity index (χ2v) is 4.83. The van der Waals surface area contributed by atoms with Crippen LogP contribution in [0.5, 0.6) is 0 Å². The molecule has 19 heavy (non-hydrogen) atoms. The first-order valence-corrected chi connectivity index (χ1v) is 6.42. The highest BCUT2D eigenvalue weighted by Gasteiger charge is 2.13. The molecule has 2 aromatic heterocycles. The fourth-order valence-corrected chi connectivity index (χ4v) is 2.00. The van der Waals surface area contributed by atoms with Crippen molar-refractivity contribution in [2.45, 2.75) is 27.2 Å². The molecular formula is C14H19N5. The summed E-state index contributed by atoms with van der Waals surface area (Å²) in [5, 5.41) is 0. The summed E-state index contributed by atoms with van der Waals surface area (Å²) in [7, 11) is 0. The lowest BCUT2D eigenvalue weighted by Gasteiger charge is -2.13. The van der Waals surface area contributed by atoms with Gasteiger partial charge in [-0.3, -0.25) is 4.98 Å². The minimum absolute atomic E-state index is 0.434. The monoisotopic (exact) mass is 257 g/mol. The van der Waals surface area contributed by atoms with Crippen molar-refractivity contribution < 1.29 is 0 Å². The van der Waals surface area contributed by atoms with E-state index < -0.39 is 0 Å². The fourth-order valence-electron chi connectivity index (χ4n) is 2.00. The number of nitrogens with zero attached hydrogens (tertiary/aromatic N) is 4. The average molecular weight is 257 g/mol. The van der Waals surface area contributed by atoms with E-state index in [2.05, 4.69) is 26.9 Å². The largest absolute Gasteiger partial charge is 0.330 e. The van der Waals surface area contributed by atoms with Crippen molar-refractivity contribution in [1.82, 2.24) is 19.9 Å². The summed E-state index contributed by atoms with van der Waals surface area (Å²) in [6.07, 6.45) is 5.87. The zero-order valence-corrected chi connectivity index (χ0v) is 11.6. The van der Waals surface area contributed by atoms with Gasteiger partial charge >= 0.3 is 0 Å². The Balaban J connectivity index is 2.37. The van der Waals surface area contributed by atoms with E-state index in [0.717, 1.165) is 17.8 Å². The highest BCUT2D eigenvalue weighted by Crippen LogP contribution is 2.18. The molecule has 0 aliphatic carbocycles. The summed E-state index contributed by atoms with van der Waals surface area (Å²) in [4.78, 5) is 17.4. The van der Waals surface area contributed by atoms with E-state index in [1.54, 1.807) is 18.6 Å². The van der Waals surface area contributed by atoms with Gasteiger partial charge in [0.2, 0.25) is 0 Å². The lowest BCUT2D eigenvalue weighted by molar-refractivity contribution is 0.586. The van der Waals surface area contributed by atoms with Gasteiger partial charge in [0.25, 0.3) is 0 Å². The van der Waals surface area contributed by atoms with E-state index >= 15 is 0 Å². The Morgan fingerprint density at radius 2 is 1.84 bits per heavy atom. The van der Waals surface area contributed by atoms with Gasteiger partial charge in [0.05, 0.1) is 6.20 Å². The standard InChI is InChI=1S/C14H19N5/c1-9(7-15)6-12-10(2)18-14(19-11(12)3)13-8-16-4-5-17-13/h4-5,8-9H,6-7,15H2,1-3H3. The molecule has 2 rings (SSSR count). The van der Waals surface area contributed by atoms with E-state index in [0.29, 0.717) is 24.0 Å². The number of hydrogen-bond acceptors (Lipinski definition) is 5. The van der Waals surface area contributed by atoms with Crippen molar-refractivity contribution >= 4 is 0 Å². The maximum Gasteiger partial charge on any atom is 0.180 e. The van der Waals surface area contributed by atoms with E-state index in [1.165, 1.54) is 5.56 Å². The highest BCUT2D eigenvalue weighted by atomic mass is 14.9. The van der Waals surface area contributed by atoms with Gasteiger partial charge in [-0.15, -0.1) is 0 Å². The van der Waals surface area contributed by atoms with Gasteiger partial charge in [-0.05, 0) is 38.3 Å². The Labute approximate surface area is 113 Å². The number of aromatic nitrogens is 4. The quantitative estimate of drug-likeness (QED) is 0.901. The van der Waals surface area contributed by atoms with Crippen molar-refractivity contribution in [3.05, 3.63) is 35.5 Å². The second kappa shape index (κ2) is 5.84. The van der Waals surface area contributed by atoms with Gasteiger partial charge < -0.3 is 5.73 Å². The minimum atomic E-state index is 0.434. The average Bonchev–Trinajstić information content (AvgIpc) is 2.43. The SMILES string of the molecule is Cc1nc(-c2cnccn2)nc(C)c1CC(C)CN. The molecule has 0 aliphatic rings. The Bertz CT molecular complexity index is 530. The molecule has 1 atom stereocenters. The summed E-state index contributed by atoms with van der Waals surface area (Å²) < 4.78 is 0. The molecule has 0 saturated heterocycles. The number of hydrogen-bond donors (Lipinski definition) is 1. The fraction of sp³-hybridized carbons (Fsp3) is 0.429. The third-order valence-corrected chi connectivity index (χ3v) is 3.17. The Morgan fingerprint density at radius 1 is 1.16 bits per heavy atom. The van der Waals surface area contributed by atoms with Gasteiger partial charge in [-0.2, -0.15) is 0 Å². The first-order valence-electron chi connectivity index (χ1n) is 6.42. The molecule has 0 radical (unpaired) electrons. The predicted octanol–water partition coefficient (Wildman–Crippen LogP) is 1.69. The number of aryl methyl sites for hydroxylation is 2. The topological polar surface area (TPSA) is 77.6 Å². The highest BCUT2D eigenvalue weighted by molar-refractivity contribution is 5.48. The summed E-state index contributed by atoms with van der Waals surface area (Å²) in [6.45, 7) is 6.82. The van der Waals surface area contributed by atoms with Crippen molar-refractivity contribution in [3.63, 3.8) is 0 Å². The number of nitrogens with two attached hydrogens (primary N) is 1. The maximum atomic E-state index is 5.68. The van der Waals surface area contributed by atoms with Gasteiger partial charge in [-0.25, -0.2) is 15.0 Å². The van der Waals surface area contributed by atoms with Crippen LogP contribution in [0.25, 0.3) is 11.5 Å². The van der Waals surface area contributed by atoms with Crippen LogP contribution >= 0.6 is 0 Å². The zero-order valence-electron chi connectivity index (χ0n) is 11.6. The summed E-state index contributed by atoms with van der Waals surface area (Å²) in [5.41, 5.74) is 9.56. The van der Waals surface area contributed by atoms with E-state index in [-0.39, 0.29) is 0 Å². The second-order valence-electron chi connectivity index (χ2n) is 4.83. The molecule has 100 valence electrons. The molecule has 0 aliphatic heterocycles. The molecule has 0 spiro atoms. The smallest absolute Gasteiger partial charge is 0.180 e. The Morgan fingerprint density at radius 3 is 2.37 bits per heavy atom. The molecule has 0 bridgehead atoms. The van der Waals surface area contributed by atoms with Gasteiger partial charge in [0.15, 0.2) is 5.82 Å². The molecule has 0 saturated carbocycles. The summed E-state index contributed by atoms with van der Waals surface area (Å²) in [5.74, 6) is 1.07. The van der Waals surface area contributed by atoms with Crippen LogP contribution in [-0.4, -0.2) is 26.5 Å². The van der Waals surface area contributed by atoms with Crippen LogP contribution in [0.2, 0.25) is 0 Å². The minimum Gasteiger partial charge on any atom is -0.330 e. The Hall–Kier alpha value is -1.88. The van der Waals surface area contributed by atoms with Gasteiger partial charge in [-0.1, -0.05) is 6.92 Å². The van der Waals surface area contributed by atoms with Gasteiger partial charge in [0.1, 0.15) is 5.69 Å². The van der Waals surface area contributed by atoms with Crippen LogP contribution in [0.3, 0.4) is 0 Å². The molecule has 1 unspecified atom stereocenters. The lowest BCUT2D eigenvalue weighted by Crippen LogP contribution is -2.15. The maximum absolute atomic E-state index is 5.68. The molecule has 2 aromatic rings. The van der Waals surface area contributed by atoms with Crippen LogP contribution < -0.4 is 5.73 Å². The number of rotatable bonds is 4. The summed E-state index contributed by atoms with van der Waals surface area (Å²) in [6, 6.07) is 0. The van der Waals surface area contributed by atoms with Crippen molar-refractivity contribution in [1.29, 1.82) is 0 Å². The van der Waals surface area contributed by atoms with Crippen molar-refractivity contribution in [3.8, 4) is 11.5 Å². The van der Waals surface area contributed by atoms with Crippen LogP contribution in [0.15, 0.2) is 18.6 Å². The van der Waals surface area contributed by atoms with Crippen LogP contribution in [0, 0.1) is 19.8 Å². The van der Waals surface area contributed by atoms with Crippen LogP contribution in [0.1, 0.15) is 23.9 Å². The molecule has 5 heteroatoms. The van der Waals surface area contributed by atoms with E-state index in [1.807, 2.05) is 13.8 Å². The normalized spacial score (nSPS) is 12.4. The van der Waals surface area contributed by atoms with Crippen molar-refractivity contribution in [2.75, 3.05) is 6.54 Å². The molecule has 5 nitrogen and oxygen atoms in total. The van der Waals surface area contributed by atoms with Gasteiger partial charge in [0, 0.05) is 23.8 Å². The zero-order chi connectivity index (χ0) is 13.8. The third kappa shape index (κ3) is 3.12. The molecular weight excluding hydrogens is 238 g/mol. The first-order chi connectivity index (χ1) is 9.11. The molecule has 0 fully saturated rings. The molecule has 2 N–H and O–H groups in total. The Kier molecular flexibility index (Phi) is 4.16. The summed E-state index contributed by atoms with van der Waals surface area (Å²) >= 11 is 0. The first kappa shape index (κ1) is 13.5. The molecule has 0 amide bonds. The van der Waals surface area contributed by atoms with Crippen LogP contribution in [0.4, 0.5) is 0 Å². The van der Waals surface area contributed by atoms with Crippen molar-refractivity contribution in [2.24, 2.45) is 11.7 Å². The predicted molar refractivity (Wildman–Crippen MR) is 74.5 cm³/mol. The van der Waals surface area contributed by atoms with E-state index in [4.69, 9.17) is 5.73 Å². The molecule has 0 aromatic carbocycles. The van der Waals surface area contributed by atoms with E-state index in [9.17, 15) is 0 Å². The molecule has 2 heterocycles.